The van der Waals surface area contributed by atoms with Gasteiger partial charge in [-0.1, -0.05) is 6.42 Å². The van der Waals surface area contributed by atoms with Crippen LogP contribution in [0.25, 0.3) is 0 Å². The Morgan fingerprint density at radius 3 is 2.30 bits per heavy atom. The van der Waals surface area contributed by atoms with Crippen LogP contribution in [0.15, 0.2) is 0 Å². The molecule has 20 heavy (non-hydrogen) atoms. The molecule has 4 heteroatoms. The van der Waals surface area contributed by atoms with Crippen LogP contribution >= 0.6 is 0 Å². The molecule has 2 saturated heterocycles. The van der Waals surface area contributed by atoms with E-state index in [1.807, 2.05) is 25.7 Å². The highest BCUT2D eigenvalue weighted by molar-refractivity contribution is 5.68. The Kier molecular flexibility index (Phi) is 4.95. The van der Waals surface area contributed by atoms with E-state index in [0.717, 1.165) is 13.0 Å². The highest BCUT2D eigenvalue weighted by Gasteiger charge is 2.36. The summed E-state index contributed by atoms with van der Waals surface area (Å²) in [6, 6.07) is 0.772. The van der Waals surface area contributed by atoms with E-state index in [9.17, 15) is 4.79 Å². The van der Waals surface area contributed by atoms with Gasteiger partial charge in [0, 0.05) is 18.6 Å². The number of ether oxygens (including phenoxy) is 1. The number of rotatable bonds is 1. The maximum atomic E-state index is 12.3. The van der Waals surface area contributed by atoms with Gasteiger partial charge in [0.2, 0.25) is 0 Å². The molecule has 2 aliphatic heterocycles. The van der Waals surface area contributed by atoms with Crippen LogP contribution in [0.3, 0.4) is 0 Å². The highest BCUT2D eigenvalue weighted by Crippen LogP contribution is 2.26. The zero-order valence-electron chi connectivity index (χ0n) is 13.5. The van der Waals surface area contributed by atoms with Crippen LogP contribution in [0.5, 0.6) is 0 Å². The van der Waals surface area contributed by atoms with Crippen LogP contribution in [0.2, 0.25) is 0 Å². The molecule has 0 bridgehead atoms. The van der Waals surface area contributed by atoms with Gasteiger partial charge in [0.1, 0.15) is 5.60 Å². The third-order valence-corrected chi connectivity index (χ3v) is 4.44. The molecular formula is C16H30N2O2. The number of carbonyl (C=O) groups excluding carboxylic acids is 1. The van der Waals surface area contributed by atoms with Gasteiger partial charge in [0.15, 0.2) is 0 Å². The van der Waals surface area contributed by atoms with Crippen molar-refractivity contribution < 1.29 is 9.53 Å². The minimum absolute atomic E-state index is 0.147. The molecule has 0 aromatic heterocycles. The molecule has 0 aromatic rings. The lowest BCUT2D eigenvalue weighted by Crippen LogP contribution is -2.57. The van der Waals surface area contributed by atoms with Crippen molar-refractivity contribution in [2.45, 2.75) is 77.5 Å². The van der Waals surface area contributed by atoms with Gasteiger partial charge >= 0.3 is 6.09 Å². The minimum atomic E-state index is -0.408. The maximum Gasteiger partial charge on any atom is 0.410 e. The number of carbonyl (C=O) groups is 1. The van der Waals surface area contributed by atoms with Gasteiger partial charge in [0.05, 0.1) is 0 Å². The zero-order valence-corrected chi connectivity index (χ0v) is 13.5. The molecule has 2 fully saturated rings. The van der Waals surface area contributed by atoms with E-state index in [1.165, 1.54) is 38.8 Å². The lowest BCUT2D eigenvalue weighted by Gasteiger charge is -2.45. The number of likely N-dealkylation sites (tertiary alicyclic amines) is 2. The third-order valence-electron chi connectivity index (χ3n) is 4.44. The van der Waals surface area contributed by atoms with Gasteiger partial charge in [-0.25, -0.2) is 4.79 Å². The highest BCUT2D eigenvalue weighted by atomic mass is 16.6. The minimum Gasteiger partial charge on any atom is -0.444 e. The molecule has 2 heterocycles. The summed E-state index contributed by atoms with van der Waals surface area (Å²) in [5, 5.41) is 0. The van der Waals surface area contributed by atoms with E-state index in [4.69, 9.17) is 4.74 Å². The van der Waals surface area contributed by atoms with Crippen molar-refractivity contribution in [3.8, 4) is 0 Å². The average molecular weight is 282 g/mol. The van der Waals surface area contributed by atoms with E-state index in [1.54, 1.807) is 0 Å². The van der Waals surface area contributed by atoms with Gasteiger partial charge in [-0.3, -0.25) is 4.90 Å². The first-order valence-electron chi connectivity index (χ1n) is 8.12. The molecule has 0 spiro atoms. The first-order chi connectivity index (χ1) is 9.38. The molecular weight excluding hydrogens is 252 g/mol. The van der Waals surface area contributed by atoms with E-state index < -0.39 is 5.60 Å². The summed E-state index contributed by atoms with van der Waals surface area (Å²) in [5.41, 5.74) is -0.408. The lowest BCUT2D eigenvalue weighted by atomic mass is 9.94. The summed E-state index contributed by atoms with van der Waals surface area (Å²) >= 11 is 0. The van der Waals surface area contributed by atoms with E-state index in [2.05, 4.69) is 11.8 Å². The van der Waals surface area contributed by atoms with Gasteiger partial charge in [0.25, 0.3) is 0 Å². The average Bonchev–Trinajstić information content (AvgIpc) is 2.38. The van der Waals surface area contributed by atoms with Crippen molar-refractivity contribution in [1.29, 1.82) is 0 Å². The summed E-state index contributed by atoms with van der Waals surface area (Å²) in [6.07, 6.45) is 6.11. The predicted molar refractivity (Wildman–Crippen MR) is 80.8 cm³/mol. The maximum absolute atomic E-state index is 12.3. The van der Waals surface area contributed by atoms with E-state index in [-0.39, 0.29) is 12.1 Å². The Balaban J connectivity index is 1.98. The van der Waals surface area contributed by atoms with Crippen molar-refractivity contribution in [2.75, 3.05) is 19.6 Å². The van der Waals surface area contributed by atoms with E-state index >= 15 is 0 Å². The van der Waals surface area contributed by atoms with Crippen molar-refractivity contribution in [3.63, 3.8) is 0 Å². The topological polar surface area (TPSA) is 32.8 Å². The van der Waals surface area contributed by atoms with Gasteiger partial charge in [-0.05, 0) is 66.5 Å². The number of hydrogen-bond acceptors (Lipinski definition) is 3. The van der Waals surface area contributed by atoms with Crippen molar-refractivity contribution >= 4 is 6.09 Å². The quantitative estimate of drug-likeness (QED) is 0.740. The Morgan fingerprint density at radius 1 is 1.05 bits per heavy atom. The van der Waals surface area contributed by atoms with Crippen molar-refractivity contribution in [2.24, 2.45) is 0 Å². The normalized spacial score (nSPS) is 29.3. The first kappa shape index (κ1) is 15.6. The third kappa shape index (κ3) is 3.87. The second-order valence-corrected chi connectivity index (χ2v) is 7.22. The summed E-state index contributed by atoms with van der Waals surface area (Å²) < 4.78 is 5.55. The molecule has 116 valence electrons. The summed E-state index contributed by atoms with van der Waals surface area (Å²) in [4.78, 5) is 16.9. The standard InChI is InChI=1S/C16H30N2O2/c1-13-14(17-10-6-5-7-11-17)9-8-12-18(13)15(19)20-16(2,3)4/h13-14H,5-12H2,1-4H3. The van der Waals surface area contributed by atoms with Gasteiger partial charge < -0.3 is 9.64 Å². The molecule has 0 radical (unpaired) electrons. The molecule has 0 aromatic carbocycles. The second kappa shape index (κ2) is 6.33. The van der Waals surface area contributed by atoms with Crippen molar-refractivity contribution in [1.82, 2.24) is 9.80 Å². The summed E-state index contributed by atoms with van der Waals surface area (Å²) in [7, 11) is 0. The van der Waals surface area contributed by atoms with Crippen LogP contribution < -0.4 is 0 Å². The van der Waals surface area contributed by atoms with Crippen LogP contribution in [0.4, 0.5) is 4.79 Å². The monoisotopic (exact) mass is 282 g/mol. The fourth-order valence-electron chi connectivity index (χ4n) is 3.44. The number of nitrogens with zero attached hydrogens (tertiary/aromatic N) is 2. The number of amides is 1. The second-order valence-electron chi connectivity index (χ2n) is 7.22. The Bertz CT molecular complexity index is 332. The van der Waals surface area contributed by atoms with E-state index in [0.29, 0.717) is 6.04 Å². The van der Waals surface area contributed by atoms with Crippen LogP contribution in [0.1, 0.15) is 59.8 Å². The van der Waals surface area contributed by atoms with Crippen molar-refractivity contribution in [3.05, 3.63) is 0 Å². The first-order valence-corrected chi connectivity index (χ1v) is 8.12. The fourth-order valence-corrected chi connectivity index (χ4v) is 3.44. The molecule has 0 aliphatic carbocycles. The summed E-state index contributed by atoms with van der Waals surface area (Å²) in [6.45, 7) is 11.2. The largest absolute Gasteiger partial charge is 0.444 e. The van der Waals surface area contributed by atoms with Crippen LogP contribution in [-0.4, -0.2) is 53.2 Å². The Hall–Kier alpha value is -0.770. The van der Waals surface area contributed by atoms with Crippen LogP contribution in [0, 0.1) is 0 Å². The molecule has 1 amide bonds. The molecule has 4 nitrogen and oxygen atoms in total. The van der Waals surface area contributed by atoms with Gasteiger partial charge in [-0.15, -0.1) is 0 Å². The molecule has 0 N–H and O–H groups in total. The number of piperidine rings is 2. The Labute approximate surface area is 123 Å². The number of hydrogen-bond donors (Lipinski definition) is 0. The summed E-state index contributed by atoms with van der Waals surface area (Å²) in [5.74, 6) is 0. The molecule has 2 atom stereocenters. The van der Waals surface area contributed by atoms with Crippen LogP contribution in [-0.2, 0) is 4.74 Å². The molecule has 2 aliphatic rings. The molecule has 0 saturated carbocycles. The SMILES string of the molecule is CC1C(N2CCCCC2)CCCN1C(=O)OC(C)(C)C. The molecule has 2 unspecified atom stereocenters. The fraction of sp³-hybridized carbons (Fsp3) is 0.938. The predicted octanol–water partition coefficient (Wildman–Crippen LogP) is 3.26. The zero-order chi connectivity index (χ0) is 14.8. The smallest absolute Gasteiger partial charge is 0.410 e. The van der Waals surface area contributed by atoms with Gasteiger partial charge in [-0.2, -0.15) is 0 Å². The lowest BCUT2D eigenvalue weighted by molar-refractivity contribution is -0.00946. The Morgan fingerprint density at radius 2 is 1.70 bits per heavy atom. The molecule has 2 rings (SSSR count).